The lowest BCUT2D eigenvalue weighted by Gasteiger charge is -2.14. The third-order valence-electron chi connectivity index (χ3n) is 2.78. The fourth-order valence-electron chi connectivity index (χ4n) is 1.67. The van der Waals surface area contributed by atoms with Crippen LogP contribution in [0.4, 0.5) is 0 Å². The second-order valence-corrected chi connectivity index (χ2v) is 4.99. The number of carbonyl (C=O) groups is 1. The number of methoxy groups -OCH3 is 1. The second kappa shape index (κ2) is 9.42. The Kier molecular flexibility index (Phi) is 9.09. The SMILES string of the molecule is COC(=O)C[C@@H](O)CC[C@H](O)CCCC(C)C. The maximum Gasteiger partial charge on any atom is 0.308 e. The van der Waals surface area contributed by atoms with Gasteiger partial charge in [-0.15, -0.1) is 0 Å². The van der Waals surface area contributed by atoms with Gasteiger partial charge >= 0.3 is 5.97 Å². The van der Waals surface area contributed by atoms with Crippen LogP contribution in [-0.4, -0.2) is 35.5 Å². The van der Waals surface area contributed by atoms with Gasteiger partial charge < -0.3 is 14.9 Å². The van der Waals surface area contributed by atoms with Crippen LogP contribution in [-0.2, 0) is 9.53 Å². The molecule has 0 aromatic carbocycles. The van der Waals surface area contributed by atoms with Crippen molar-refractivity contribution in [3.05, 3.63) is 0 Å². The molecule has 4 nitrogen and oxygen atoms in total. The van der Waals surface area contributed by atoms with Gasteiger partial charge in [0.1, 0.15) is 0 Å². The Labute approximate surface area is 104 Å². The largest absolute Gasteiger partial charge is 0.469 e. The smallest absolute Gasteiger partial charge is 0.308 e. The summed E-state index contributed by atoms with van der Waals surface area (Å²) in [5, 5.41) is 19.2. The van der Waals surface area contributed by atoms with Crippen LogP contribution in [0.3, 0.4) is 0 Å². The highest BCUT2D eigenvalue weighted by Crippen LogP contribution is 2.13. The molecule has 0 aliphatic heterocycles. The Balaban J connectivity index is 3.55. The molecule has 0 aromatic rings. The van der Waals surface area contributed by atoms with E-state index in [9.17, 15) is 15.0 Å². The molecule has 0 aromatic heterocycles. The molecule has 2 atom stereocenters. The number of carbonyl (C=O) groups excluding carboxylic acids is 1. The van der Waals surface area contributed by atoms with Crippen molar-refractivity contribution in [2.75, 3.05) is 7.11 Å². The van der Waals surface area contributed by atoms with Crippen LogP contribution in [0.2, 0.25) is 0 Å². The van der Waals surface area contributed by atoms with Crippen molar-refractivity contribution in [3.63, 3.8) is 0 Å². The van der Waals surface area contributed by atoms with Crippen molar-refractivity contribution in [1.82, 2.24) is 0 Å². The molecule has 0 saturated carbocycles. The summed E-state index contributed by atoms with van der Waals surface area (Å²) in [7, 11) is 1.30. The molecule has 2 N–H and O–H groups in total. The molecule has 0 spiro atoms. The molecular formula is C13H26O4. The highest BCUT2D eigenvalue weighted by atomic mass is 16.5. The number of rotatable bonds is 9. The lowest BCUT2D eigenvalue weighted by Crippen LogP contribution is -2.17. The summed E-state index contributed by atoms with van der Waals surface area (Å²) in [6.07, 6.45) is 2.79. The highest BCUT2D eigenvalue weighted by molar-refractivity contribution is 5.69. The first-order valence-electron chi connectivity index (χ1n) is 6.38. The summed E-state index contributed by atoms with van der Waals surface area (Å²) in [6, 6.07) is 0. The van der Waals surface area contributed by atoms with E-state index in [0.29, 0.717) is 18.8 Å². The molecule has 0 bridgehead atoms. The fraction of sp³-hybridized carbons (Fsp3) is 0.923. The van der Waals surface area contributed by atoms with Gasteiger partial charge in [0.15, 0.2) is 0 Å². The van der Waals surface area contributed by atoms with Crippen molar-refractivity contribution in [2.45, 2.75) is 64.6 Å². The third kappa shape index (κ3) is 10.3. The number of hydrogen-bond donors (Lipinski definition) is 2. The normalized spacial score (nSPS) is 14.7. The number of hydrogen-bond acceptors (Lipinski definition) is 4. The van der Waals surface area contributed by atoms with E-state index in [2.05, 4.69) is 18.6 Å². The van der Waals surface area contributed by atoms with Crippen LogP contribution in [0.5, 0.6) is 0 Å². The van der Waals surface area contributed by atoms with E-state index in [1.54, 1.807) is 0 Å². The number of esters is 1. The lowest BCUT2D eigenvalue weighted by molar-refractivity contribution is -0.142. The molecule has 0 heterocycles. The predicted octanol–water partition coefficient (Wildman–Crippen LogP) is 1.88. The van der Waals surface area contributed by atoms with E-state index in [0.717, 1.165) is 19.3 Å². The van der Waals surface area contributed by atoms with Crippen molar-refractivity contribution < 1.29 is 19.7 Å². The Bertz CT molecular complexity index is 204. The van der Waals surface area contributed by atoms with Crippen LogP contribution < -0.4 is 0 Å². The van der Waals surface area contributed by atoms with Gasteiger partial charge in [-0.2, -0.15) is 0 Å². The zero-order valence-electron chi connectivity index (χ0n) is 11.2. The fourth-order valence-corrected chi connectivity index (χ4v) is 1.67. The van der Waals surface area contributed by atoms with Gasteiger partial charge in [0.2, 0.25) is 0 Å². The number of aliphatic hydroxyl groups is 2. The van der Waals surface area contributed by atoms with Gasteiger partial charge in [0.05, 0.1) is 25.7 Å². The minimum Gasteiger partial charge on any atom is -0.469 e. The number of ether oxygens (including phenoxy) is 1. The van der Waals surface area contributed by atoms with E-state index in [-0.39, 0.29) is 12.5 Å². The number of aliphatic hydroxyl groups excluding tert-OH is 2. The second-order valence-electron chi connectivity index (χ2n) is 4.99. The molecule has 0 aliphatic carbocycles. The van der Waals surface area contributed by atoms with Crippen LogP contribution >= 0.6 is 0 Å². The maximum absolute atomic E-state index is 10.9. The first-order chi connectivity index (χ1) is 7.95. The first-order valence-corrected chi connectivity index (χ1v) is 6.38. The monoisotopic (exact) mass is 246 g/mol. The van der Waals surface area contributed by atoms with Gasteiger partial charge in [-0.3, -0.25) is 4.79 Å². The van der Waals surface area contributed by atoms with E-state index < -0.39 is 12.1 Å². The summed E-state index contributed by atoms with van der Waals surface area (Å²) in [6.45, 7) is 4.32. The average Bonchev–Trinajstić information content (AvgIpc) is 2.25. The van der Waals surface area contributed by atoms with E-state index in [1.807, 2.05) is 0 Å². The van der Waals surface area contributed by atoms with Crippen LogP contribution in [0.15, 0.2) is 0 Å². The molecule has 0 radical (unpaired) electrons. The molecule has 0 amide bonds. The summed E-state index contributed by atoms with van der Waals surface area (Å²) in [5.41, 5.74) is 0. The standard InChI is InChI=1S/C13H26O4/c1-10(2)5-4-6-11(14)7-8-12(15)9-13(16)17-3/h10-12,14-15H,4-9H2,1-3H3/t11-,12+/m1/s1. The summed E-state index contributed by atoms with van der Waals surface area (Å²) < 4.78 is 4.46. The Morgan fingerprint density at radius 2 is 1.65 bits per heavy atom. The molecule has 0 aliphatic rings. The van der Waals surface area contributed by atoms with Crippen molar-refractivity contribution in [1.29, 1.82) is 0 Å². The highest BCUT2D eigenvalue weighted by Gasteiger charge is 2.13. The molecule has 0 rings (SSSR count). The Hall–Kier alpha value is -0.610. The lowest BCUT2D eigenvalue weighted by atomic mass is 10.0. The minimum atomic E-state index is -0.706. The zero-order chi connectivity index (χ0) is 13.3. The molecular weight excluding hydrogens is 220 g/mol. The predicted molar refractivity (Wildman–Crippen MR) is 66.6 cm³/mol. The molecule has 4 heteroatoms. The summed E-state index contributed by atoms with van der Waals surface area (Å²) in [5.74, 6) is 0.249. The molecule has 0 fully saturated rings. The summed E-state index contributed by atoms with van der Waals surface area (Å²) >= 11 is 0. The van der Waals surface area contributed by atoms with Crippen molar-refractivity contribution in [3.8, 4) is 0 Å². The molecule has 0 unspecified atom stereocenters. The van der Waals surface area contributed by atoms with Gasteiger partial charge in [-0.25, -0.2) is 0 Å². The molecule has 102 valence electrons. The molecule has 0 saturated heterocycles. The zero-order valence-corrected chi connectivity index (χ0v) is 11.2. The molecule has 17 heavy (non-hydrogen) atoms. The average molecular weight is 246 g/mol. The van der Waals surface area contributed by atoms with Crippen LogP contribution in [0.25, 0.3) is 0 Å². The quantitative estimate of drug-likeness (QED) is 0.610. The van der Waals surface area contributed by atoms with Crippen LogP contribution in [0.1, 0.15) is 52.4 Å². The Morgan fingerprint density at radius 1 is 1.06 bits per heavy atom. The topological polar surface area (TPSA) is 66.8 Å². The van der Waals surface area contributed by atoms with E-state index >= 15 is 0 Å². The van der Waals surface area contributed by atoms with Crippen LogP contribution in [0, 0.1) is 5.92 Å². The van der Waals surface area contributed by atoms with Gasteiger partial charge in [0, 0.05) is 0 Å². The third-order valence-corrected chi connectivity index (χ3v) is 2.78. The van der Waals surface area contributed by atoms with E-state index in [4.69, 9.17) is 0 Å². The minimum absolute atomic E-state index is 0.00914. The van der Waals surface area contributed by atoms with Gasteiger partial charge in [-0.05, 0) is 25.2 Å². The van der Waals surface area contributed by atoms with E-state index in [1.165, 1.54) is 7.11 Å². The Morgan fingerprint density at radius 3 is 2.18 bits per heavy atom. The van der Waals surface area contributed by atoms with Crippen molar-refractivity contribution >= 4 is 5.97 Å². The van der Waals surface area contributed by atoms with Crippen molar-refractivity contribution in [2.24, 2.45) is 5.92 Å². The first kappa shape index (κ1) is 16.4. The van der Waals surface area contributed by atoms with Gasteiger partial charge in [0.25, 0.3) is 0 Å². The van der Waals surface area contributed by atoms with Gasteiger partial charge in [-0.1, -0.05) is 26.7 Å². The summed E-state index contributed by atoms with van der Waals surface area (Å²) in [4.78, 5) is 10.9. The maximum atomic E-state index is 10.9.